The zero-order chi connectivity index (χ0) is 22.4. The van der Waals surface area contributed by atoms with Crippen LogP contribution < -0.4 is 4.31 Å². The molecule has 0 spiro atoms. The number of benzene rings is 3. The second-order valence-corrected chi connectivity index (χ2v) is 9.84. The number of carbonyl (C=O) groups is 1. The van der Waals surface area contributed by atoms with Crippen molar-refractivity contribution in [3.63, 3.8) is 0 Å². The lowest BCUT2D eigenvalue weighted by Crippen LogP contribution is -2.42. The number of carbonyl (C=O) groups excluding carboxylic acids is 1. The molecule has 0 saturated heterocycles. The maximum absolute atomic E-state index is 13.3. The van der Waals surface area contributed by atoms with Gasteiger partial charge in [0.1, 0.15) is 6.54 Å². The number of anilines is 1. The van der Waals surface area contributed by atoms with Crippen molar-refractivity contribution in [3.8, 4) is 0 Å². The standard InChI is InChI=1S/C23H22Cl2N2O3S/c1-31(29,30)27(22-14-20(24)12-13-21(22)25)17-23(28)26(15-18-8-4-2-5-9-18)16-19-10-6-3-7-11-19/h2-14H,15-17H2,1H3. The lowest BCUT2D eigenvalue weighted by atomic mass is 10.1. The molecular weight excluding hydrogens is 455 g/mol. The van der Waals surface area contributed by atoms with E-state index >= 15 is 0 Å². The molecule has 3 aromatic rings. The Hall–Kier alpha value is -2.54. The van der Waals surface area contributed by atoms with Gasteiger partial charge in [-0.05, 0) is 29.3 Å². The fourth-order valence-electron chi connectivity index (χ4n) is 3.12. The SMILES string of the molecule is CS(=O)(=O)N(CC(=O)N(Cc1ccccc1)Cc1ccccc1)c1cc(Cl)ccc1Cl. The van der Waals surface area contributed by atoms with Gasteiger partial charge in [-0.3, -0.25) is 9.10 Å². The van der Waals surface area contributed by atoms with Crippen LogP contribution in [0.3, 0.4) is 0 Å². The molecule has 0 bridgehead atoms. The molecule has 0 aliphatic heterocycles. The normalized spacial score (nSPS) is 11.2. The Balaban J connectivity index is 1.91. The molecule has 0 aliphatic carbocycles. The topological polar surface area (TPSA) is 57.7 Å². The summed E-state index contributed by atoms with van der Waals surface area (Å²) in [7, 11) is -3.79. The molecule has 0 saturated carbocycles. The summed E-state index contributed by atoms with van der Waals surface area (Å²) >= 11 is 12.3. The van der Waals surface area contributed by atoms with E-state index in [1.165, 1.54) is 12.1 Å². The largest absolute Gasteiger partial charge is 0.332 e. The van der Waals surface area contributed by atoms with Gasteiger partial charge in [0.2, 0.25) is 15.9 Å². The van der Waals surface area contributed by atoms with Crippen molar-refractivity contribution in [1.82, 2.24) is 4.90 Å². The Morgan fingerprint density at radius 3 is 1.84 bits per heavy atom. The highest BCUT2D eigenvalue weighted by Crippen LogP contribution is 2.30. The molecule has 0 aliphatic rings. The molecule has 0 radical (unpaired) electrons. The Bertz CT molecular complexity index is 1100. The van der Waals surface area contributed by atoms with Crippen molar-refractivity contribution in [2.45, 2.75) is 13.1 Å². The van der Waals surface area contributed by atoms with Gasteiger partial charge >= 0.3 is 0 Å². The second-order valence-electron chi connectivity index (χ2n) is 7.09. The van der Waals surface area contributed by atoms with Crippen LogP contribution in [0.5, 0.6) is 0 Å². The minimum atomic E-state index is -3.79. The lowest BCUT2D eigenvalue weighted by Gasteiger charge is -2.28. The van der Waals surface area contributed by atoms with Crippen LogP contribution in [0, 0.1) is 0 Å². The van der Waals surface area contributed by atoms with Crippen LogP contribution in [-0.4, -0.2) is 32.0 Å². The van der Waals surface area contributed by atoms with Crippen molar-refractivity contribution in [2.75, 3.05) is 17.1 Å². The summed E-state index contributed by atoms with van der Waals surface area (Å²) in [5.74, 6) is -0.353. The van der Waals surface area contributed by atoms with E-state index in [1.807, 2.05) is 60.7 Å². The van der Waals surface area contributed by atoms with Gasteiger partial charge in [0.15, 0.2) is 0 Å². The molecule has 3 aromatic carbocycles. The summed E-state index contributed by atoms with van der Waals surface area (Å²) in [6.07, 6.45) is 1.04. The average Bonchev–Trinajstić information content (AvgIpc) is 2.74. The van der Waals surface area contributed by atoms with Crippen LogP contribution in [0.2, 0.25) is 10.0 Å². The number of amides is 1. The number of sulfonamides is 1. The van der Waals surface area contributed by atoms with Gasteiger partial charge in [-0.1, -0.05) is 83.9 Å². The number of hydrogen-bond acceptors (Lipinski definition) is 3. The third-order valence-corrected chi connectivity index (χ3v) is 6.32. The molecule has 0 aromatic heterocycles. The fraction of sp³-hybridized carbons (Fsp3) is 0.174. The molecule has 8 heteroatoms. The van der Waals surface area contributed by atoms with Crippen molar-refractivity contribution in [2.24, 2.45) is 0 Å². The number of rotatable bonds is 8. The molecule has 0 unspecified atom stereocenters. The molecule has 0 N–H and O–H groups in total. The van der Waals surface area contributed by atoms with Crippen LogP contribution in [0.1, 0.15) is 11.1 Å². The highest BCUT2D eigenvalue weighted by Gasteiger charge is 2.26. The predicted molar refractivity (Wildman–Crippen MR) is 126 cm³/mol. The zero-order valence-electron chi connectivity index (χ0n) is 16.9. The van der Waals surface area contributed by atoms with Gasteiger partial charge in [-0.25, -0.2) is 8.42 Å². The first kappa shape index (κ1) is 23.1. The minimum absolute atomic E-state index is 0.171. The van der Waals surface area contributed by atoms with Crippen LogP contribution in [-0.2, 0) is 27.9 Å². The number of halogens is 2. The van der Waals surface area contributed by atoms with E-state index in [0.717, 1.165) is 21.7 Å². The Labute approximate surface area is 192 Å². The summed E-state index contributed by atoms with van der Waals surface area (Å²) in [5.41, 5.74) is 2.06. The summed E-state index contributed by atoms with van der Waals surface area (Å²) in [6.45, 7) is 0.295. The van der Waals surface area contributed by atoms with Gasteiger partial charge in [0, 0.05) is 18.1 Å². The van der Waals surface area contributed by atoms with Gasteiger partial charge in [-0.2, -0.15) is 0 Å². The van der Waals surface area contributed by atoms with Crippen molar-refractivity contribution < 1.29 is 13.2 Å². The lowest BCUT2D eigenvalue weighted by molar-refractivity contribution is -0.130. The molecule has 0 atom stereocenters. The van der Waals surface area contributed by atoms with Gasteiger partial charge in [0.25, 0.3) is 0 Å². The molecule has 162 valence electrons. The zero-order valence-corrected chi connectivity index (χ0v) is 19.2. The number of hydrogen-bond donors (Lipinski definition) is 0. The molecule has 1 amide bonds. The van der Waals surface area contributed by atoms with E-state index in [1.54, 1.807) is 11.0 Å². The maximum Gasteiger partial charge on any atom is 0.243 e. The summed E-state index contributed by atoms with van der Waals surface area (Å²) in [6, 6.07) is 23.6. The van der Waals surface area contributed by atoms with E-state index in [9.17, 15) is 13.2 Å². The quantitative estimate of drug-likeness (QED) is 0.460. The van der Waals surface area contributed by atoms with E-state index in [0.29, 0.717) is 18.1 Å². The van der Waals surface area contributed by atoms with Crippen molar-refractivity contribution >= 4 is 44.8 Å². The first-order valence-electron chi connectivity index (χ1n) is 9.52. The average molecular weight is 477 g/mol. The van der Waals surface area contributed by atoms with E-state index in [2.05, 4.69) is 0 Å². The second kappa shape index (κ2) is 10.2. The van der Waals surface area contributed by atoms with Gasteiger partial charge in [0.05, 0.1) is 17.0 Å². The Kier molecular flexibility index (Phi) is 7.59. The van der Waals surface area contributed by atoms with Crippen LogP contribution in [0.25, 0.3) is 0 Å². The van der Waals surface area contributed by atoms with E-state index in [-0.39, 0.29) is 16.6 Å². The van der Waals surface area contributed by atoms with Crippen LogP contribution >= 0.6 is 23.2 Å². The van der Waals surface area contributed by atoms with E-state index in [4.69, 9.17) is 23.2 Å². The Morgan fingerprint density at radius 2 is 1.35 bits per heavy atom. The minimum Gasteiger partial charge on any atom is -0.332 e. The summed E-state index contributed by atoms with van der Waals surface area (Å²) in [5, 5.41) is 0.520. The monoisotopic (exact) mass is 476 g/mol. The highest BCUT2D eigenvalue weighted by atomic mass is 35.5. The smallest absolute Gasteiger partial charge is 0.243 e. The van der Waals surface area contributed by atoms with Crippen LogP contribution in [0.15, 0.2) is 78.9 Å². The van der Waals surface area contributed by atoms with Crippen molar-refractivity contribution in [1.29, 1.82) is 0 Å². The van der Waals surface area contributed by atoms with Crippen molar-refractivity contribution in [3.05, 3.63) is 100 Å². The highest BCUT2D eigenvalue weighted by molar-refractivity contribution is 7.92. The van der Waals surface area contributed by atoms with Gasteiger partial charge in [-0.15, -0.1) is 0 Å². The summed E-state index contributed by atoms with van der Waals surface area (Å²) < 4.78 is 26.0. The summed E-state index contributed by atoms with van der Waals surface area (Å²) in [4.78, 5) is 14.9. The Morgan fingerprint density at radius 1 is 0.839 bits per heavy atom. The molecule has 31 heavy (non-hydrogen) atoms. The van der Waals surface area contributed by atoms with E-state index < -0.39 is 16.6 Å². The molecule has 5 nitrogen and oxygen atoms in total. The third-order valence-electron chi connectivity index (χ3n) is 4.64. The molecular formula is C23H22Cl2N2O3S. The molecule has 0 fully saturated rings. The van der Waals surface area contributed by atoms with Crippen LogP contribution in [0.4, 0.5) is 5.69 Å². The fourth-order valence-corrected chi connectivity index (χ4v) is 4.41. The first-order valence-corrected chi connectivity index (χ1v) is 12.1. The number of nitrogens with zero attached hydrogens (tertiary/aromatic N) is 2. The third kappa shape index (κ3) is 6.47. The predicted octanol–water partition coefficient (Wildman–Crippen LogP) is 4.99. The maximum atomic E-state index is 13.3. The molecule has 0 heterocycles. The first-order chi connectivity index (χ1) is 14.7. The van der Waals surface area contributed by atoms with Gasteiger partial charge < -0.3 is 4.90 Å². The molecule has 3 rings (SSSR count).